The van der Waals surface area contributed by atoms with Crippen molar-refractivity contribution < 1.29 is 14.3 Å². The molecule has 2 aromatic rings. The number of hydrogen-bond donors (Lipinski definition) is 0. The molecule has 3 heteroatoms. The average molecular weight is 268 g/mol. The predicted octanol–water partition coefficient (Wildman–Crippen LogP) is 3.73. The van der Waals surface area contributed by atoms with Crippen LogP contribution in [0, 0.1) is 0 Å². The summed E-state index contributed by atoms with van der Waals surface area (Å²) in [6.07, 6.45) is 0. The van der Waals surface area contributed by atoms with Crippen LogP contribution in [0.1, 0.15) is 34.6 Å². The topological polar surface area (TPSA) is 43.4 Å². The van der Waals surface area contributed by atoms with Gasteiger partial charge < -0.3 is 4.74 Å². The van der Waals surface area contributed by atoms with Crippen LogP contribution in [0.4, 0.5) is 0 Å². The summed E-state index contributed by atoms with van der Waals surface area (Å²) < 4.78 is 5.06. The molecule has 0 radical (unpaired) electrons. The van der Waals surface area contributed by atoms with E-state index in [0.717, 1.165) is 11.1 Å². The number of carbonyl (C=O) groups is 2. The van der Waals surface area contributed by atoms with E-state index in [9.17, 15) is 9.59 Å². The average Bonchev–Trinajstić information content (AvgIpc) is 2.47. The third-order valence-electron chi connectivity index (χ3n) is 3.02. The molecule has 0 amide bonds. The van der Waals surface area contributed by atoms with Crippen LogP contribution >= 0.6 is 0 Å². The molecule has 0 aliphatic rings. The Hall–Kier alpha value is -2.42. The Labute approximate surface area is 118 Å². The molecular weight excluding hydrogens is 252 g/mol. The standard InChI is InChI=1S/C17H16O3/c1-3-20-17(19)16-7-5-4-6-15(16)14-10-8-13(9-11-14)12(2)18/h4-11H,3H2,1-2H3. The lowest BCUT2D eigenvalue weighted by Gasteiger charge is -2.09. The number of Topliss-reactive ketones (excluding diaryl/α,β-unsaturated/α-hetero) is 1. The molecule has 0 N–H and O–H groups in total. The minimum absolute atomic E-state index is 0.0234. The molecule has 0 bridgehead atoms. The minimum atomic E-state index is -0.334. The molecule has 20 heavy (non-hydrogen) atoms. The van der Waals surface area contributed by atoms with Crippen molar-refractivity contribution in [3.05, 3.63) is 59.7 Å². The van der Waals surface area contributed by atoms with Crippen molar-refractivity contribution in [2.75, 3.05) is 6.61 Å². The van der Waals surface area contributed by atoms with Gasteiger partial charge in [0.1, 0.15) is 0 Å². The molecule has 0 aliphatic heterocycles. The van der Waals surface area contributed by atoms with E-state index in [1.807, 2.05) is 24.3 Å². The first-order valence-electron chi connectivity index (χ1n) is 6.51. The molecule has 0 aliphatic carbocycles. The molecule has 0 heterocycles. The first-order valence-corrected chi connectivity index (χ1v) is 6.51. The molecule has 2 aromatic carbocycles. The summed E-state index contributed by atoms with van der Waals surface area (Å²) in [6, 6.07) is 14.5. The zero-order chi connectivity index (χ0) is 14.5. The Kier molecular flexibility index (Phi) is 4.31. The Morgan fingerprint density at radius 3 is 2.25 bits per heavy atom. The van der Waals surface area contributed by atoms with E-state index in [0.29, 0.717) is 17.7 Å². The van der Waals surface area contributed by atoms with Crippen molar-refractivity contribution in [2.24, 2.45) is 0 Å². The molecule has 0 saturated heterocycles. The quantitative estimate of drug-likeness (QED) is 0.626. The van der Waals surface area contributed by atoms with Crippen molar-refractivity contribution in [2.45, 2.75) is 13.8 Å². The maximum absolute atomic E-state index is 11.9. The van der Waals surface area contributed by atoms with E-state index >= 15 is 0 Å². The lowest BCUT2D eigenvalue weighted by Crippen LogP contribution is -2.06. The molecule has 102 valence electrons. The number of ether oxygens (including phenoxy) is 1. The highest BCUT2D eigenvalue weighted by molar-refractivity contribution is 5.98. The fourth-order valence-corrected chi connectivity index (χ4v) is 2.01. The molecule has 0 fully saturated rings. The summed E-state index contributed by atoms with van der Waals surface area (Å²) in [5, 5.41) is 0. The van der Waals surface area contributed by atoms with Gasteiger partial charge >= 0.3 is 5.97 Å². The van der Waals surface area contributed by atoms with Crippen molar-refractivity contribution in [3.8, 4) is 11.1 Å². The normalized spacial score (nSPS) is 10.1. The second kappa shape index (κ2) is 6.15. The fraction of sp³-hybridized carbons (Fsp3) is 0.176. The summed E-state index contributed by atoms with van der Waals surface area (Å²) in [6.45, 7) is 3.65. The molecule has 0 spiro atoms. The second-order valence-electron chi connectivity index (χ2n) is 4.40. The van der Waals surface area contributed by atoms with Crippen molar-refractivity contribution >= 4 is 11.8 Å². The van der Waals surface area contributed by atoms with Gasteiger partial charge in [-0.3, -0.25) is 4.79 Å². The first kappa shape index (κ1) is 14.0. The third-order valence-corrected chi connectivity index (χ3v) is 3.02. The summed E-state index contributed by atoms with van der Waals surface area (Å²) in [5.74, 6) is -0.311. The Morgan fingerprint density at radius 1 is 1.00 bits per heavy atom. The van der Waals surface area contributed by atoms with Crippen LogP contribution in [0.5, 0.6) is 0 Å². The maximum Gasteiger partial charge on any atom is 0.338 e. The van der Waals surface area contributed by atoms with Gasteiger partial charge in [-0.2, -0.15) is 0 Å². The molecule has 0 unspecified atom stereocenters. The smallest absolute Gasteiger partial charge is 0.338 e. The van der Waals surface area contributed by atoms with Crippen molar-refractivity contribution in [1.82, 2.24) is 0 Å². The number of benzene rings is 2. The fourth-order valence-electron chi connectivity index (χ4n) is 2.01. The van der Waals surface area contributed by atoms with Crippen LogP contribution in [0.15, 0.2) is 48.5 Å². The second-order valence-corrected chi connectivity index (χ2v) is 4.40. The van der Waals surface area contributed by atoms with Gasteiger partial charge in [-0.15, -0.1) is 0 Å². The van der Waals surface area contributed by atoms with Gasteiger partial charge in [0.05, 0.1) is 12.2 Å². The number of hydrogen-bond acceptors (Lipinski definition) is 3. The lowest BCUT2D eigenvalue weighted by molar-refractivity contribution is 0.0527. The van der Waals surface area contributed by atoms with Crippen LogP contribution in [0.2, 0.25) is 0 Å². The zero-order valence-electron chi connectivity index (χ0n) is 11.6. The van der Waals surface area contributed by atoms with Gasteiger partial charge in [0.2, 0.25) is 0 Å². The van der Waals surface area contributed by atoms with Crippen LogP contribution in [0.3, 0.4) is 0 Å². The molecule has 2 rings (SSSR count). The number of carbonyl (C=O) groups excluding carboxylic acids is 2. The summed E-state index contributed by atoms with van der Waals surface area (Å²) in [7, 11) is 0. The van der Waals surface area contributed by atoms with E-state index in [1.165, 1.54) is 6.92 Å². The van der Waals surface area contributed by atoms with Crippen LogP contribution < -0.4 is 0 Å². The third kappa shape index (κ3) is 2.94. The molecule has 3 nitrogen and oxygen atoms in total. The van der Waals surface area contributed by atoms with Gasteiger partial charge in [-0.1, -0.05) is 42.5 Å². The Morgan fingerprint density at radius 2 is 1.65 bits per heavy atom. The highest BCUT2D eigenvalue weighted by atomic mass is 16.5. The van der Waals surface area contributed by atoms with Crippen LogP contribution in [-0.2, 0) is 4.74 Å². The van der Waals surface area contributed by atoms with Gasteiger partial charge in [-0.05, 0) is 31.0 Å². The number of esters is 1. The maximum atomic E-state index is 11.9. The van der Waals surface area contributed by atoms with Crippen molar-refractivity contribution in [1.29, 1.82) is 0 Å². The van der Waals surface area contributed by atoms with Gasteiger partial charge in [-0.25, -0.2) is 4.79 Å². The first-order chi connectivity index (χ1) is 9.63. The predicted molar refractivity (Wildman–Crippen MR) is 77.8 cm³/mol. The SMILES string of the molecule is CCOC(=O)c1ccccc1-c1ccc(C(C)=O)cc1. The molecule has 0 atom stereocenters. The summed E-state index contributed by atoms with van der Waals surface area (Å²) in [4.78, 5) is 23.2. The highest BCUT2D eigenvalue weighted by Crippen LogP contribution is 2.24. The summed E-state index contributed by atoms with van der Waals surface area (Å²) >= 11 is 0. The molecule has 0 aromatic heterocycles. The number of rotatable bonds is 4. The molecular formula is C17H16O3. The number of ketones is 1. The molecule has 0 saturated carbocycles. The Balaban J connectivity index is 2.42. The van der Waals surface area contributed by atoms with Gasteiger partial charge in [0, 0.05) is 5.56 Å². The van der Waals surface area contributed by atoms with Gasteiger partial charge in [0.25, 0.3) is 0 Å². The lowest BCUT2D eigenvalue weighted by atomic mass is 9.98. The largest absolute Gasteiger partial charge is 0.462 e. The van der Waals surface area contributed by atoms with Gasteiger partial charge in [0.15, 0.2) is 5.78 Å². The minimum Gasteiger partial charge on any atom is -0.462 e. The van der Waals surface area contributed by atoms with E-state index in [-0.39, 0.29) is 11.8 Å². The zero-order valence-corrected chi connectivity index (χ0v) is 11.6. The summed E-state index contributed by atoms with van der Waals surface area (Å²) in [5.41, 5.74) is 2.88. The highest BCUT2D eigenvalue weighted by Gasteiger charge is 2.13. The Bertz CT molecular complexity index is 627. The van der Waals surface area contributed by atoms with Crippen LogP contribution in [0.25, 0.3) is 11.1 Å². The van der Waals surface area contributed by atoms with Crippen molar-refractivity contribution in [3.63, 3.8) is 0 Å². The van der Waals surface area contributed by atoms with E-state index in [4.69, 9.17) is 4.74 Å². The van der Waals surface area contributed by atoms with Crippen LogP contribution in [-0.4, -0.2) is 18.4 Å². The van der Waals surface area contributed by atoms with E-state index in [1.54, 1.807) is 31.2 Å². The van der Waals surface area contributed by atoms with E-state index < -0.39 is 0 Å². The van der Waals surface area contributed by atoms with E-state index in [2.05, 4.69) is 0 Å². The monoisotopic (exact) mass is 268 g/mol.